The van der Waals surface area contributed by atoms with Gasteiger partial charge in [-0.25, -0.2) is 8.42 Å². The number of sulfone groups is 1. The summed E-state index contributed by atoms with van der Waals surface area (Å²) in [6.45, 7) is 3.60. The summed E-state index contributed by atoms with van der Waals surface area (Å²) in [5.41, 5.74) is 1.36. The van der Waals surface area contributed by atoms with Gasteiger partial charge in [-0.2, -0.15) is 0 Å². The van der Waals surface area contributed by atoms with Crippen molar-refractivity contribution in [3.63, 3.8) is 0 Å². The molecule has 0 aromatic heterocycles. The number of para-hydroxylation sites is 1. The van der Waals surface area contributed by atoms with Gasteiger partial charge in [0.25, 0.3) is 5.91 Å². The minimum Gasteiger partial charge on any atom is -1.00 e. The van der Waals surface area contributed by atoms with E-state index in [9.17, 15) is 22.8 Å². The summed E-state index contributed by atoms with van der Waals surface area (Å²) >= 11 is 0. The molecule has 1 aliphatic rings. The second-order valence-electron chi connectivity index (χ2n) is 11.1. The van der Waals surface area contributed by atoms with E-state index in [2.05, 4.69) is 17.6 Å². The van der Waals surface area contributed by atoms with Crippen LogP contribution >= 0.6 is 0 Å². The molecule has 2 atom stereocenters. The molecule has 10 nitrogen and oxygen atoms in total. The van der Waals surface area contributed by atoms with Gasteiger partial charge >= 0.3 is 35.5 Å². The van der Waals surface area contributed by atoms with Crippen LogP contribution in [-0.2, 0) is 24.2 Å². The van der Waals surface area contributed by atoms with Crippen LogP contribution in [0.5, 0.6) is 5.75 Å². The number of carboxylic acids is 1. The number of hydrogen-bond donors (Lipinski definition) is 3. The first-order valence-electron chi connectivity index (χ1n) is 14.7. The van der Waals surface area contributed by atoms with E-state index in [-0.39, 0.29) is 41.6 Å². The summed E-state index contributed by atoms with van der Waals surface area (Å²) < 4.78 is 33.4. The zero-order valence-electron chi connectivity index (χ0n) is 27.0. The molecule has 1 heterocycles. The molecule has 0 saturated carbocycles. The molecule has 3 aromatic rings. The Hall–Kier alpha value is -3.38. The molecule has 236 valence electrons. The van der Waals surface area contributed by atoms with Gasteiger partial charge in [0.15, 0.2) is 16.4 Å². The van der Waals surface area contributed by atoms with E-state index in [4.69, 9.17) is 9.84 Å². The Morgan fingerprint density at radius 2 is 1.69 bits per heavy atom. The summed E-state index contributed by atoms with van der Waals surface area (Å²) in [5.74, 6) is -2.17. The van der Waals surface area contributed by atoms with Crippen molar-refractivity contribution in [2.75, 3.05) is 30.3 Å². The number of benzene rings is 3. The zero-order chi connectivity index (χ0) is 31.7. The number of carbonyl (C=O) groups excluding carboxylic acids is 2. The Balaban J connectivity index is 0.00000368. The number of amides is 2. The molecule has 2 amide bonds. The number of rotatable bonds is 13. The van der Waals surface area contributed by atoms with Gasteiger partial charge < -0.3 is 26.8 Å². The van der Waals surface area contributed by atoms with Crippen LogP contribution in [0.15, 0.2) is 83.8 Å². The van der Waals surface area contributed by atoms with Crippen molar-refractivity contribution in [3.8, 4) is 5.75 Å². The summed E-state index contributed by atoms with van der Waals surface area (Å²) in [4.78, 5) is 38.9. The van der Waals surface area contributed by atoms with Gasteiger partial charge in [-0.05, 0) is 42.7 Å². The van der Waals surface area contributed by atoms with E-state index in [0.717, 1.165) is 24.9 Å². The van der Waals surface area contributed by atoms with Crippen molar-refractivity contribution in [3.05, 3.63) is 84.4 Å². The average Bonchev–Trinajstić information content (AvgIpc) is 3.13. The van der Waals surface area contributed by atoms with Gasteiger partial charge in [-0.15, -0.1) is 0 Å². The predicted molar refractivity (Wildman–Crippen MR) is 169 cm³/mol. The molecule has 0 fully saturated rings. The van der Waals surface area contributed by atoms with E-state index in [1.807, 2.05) is 42.2 Å². The molecule has 0 aliphatic carbocycles. The SMILES string of the molecule is CCCCC1(CC)CN(c2ccccc2)c2cc(OCC(=O)N[C@@H](C(=O)NCC(=O)O)c3ccccc3)ccc2S(=O)(=O)C1.[H-].[Na+]. The van der Waals surface area contributed by atoms with Crippen LogP contribution in [-0.4, -0.2) is 56.8 Å². The number of aliphatic carboxylic acids is 1. The maximum absolute atomic E-state index is 13.8. The molecule has 0 saturated heterocycles. The molecule has 0 bridgehead atoms. The van der Waals surface area contributed by atoms with Crippen molar-refractivity contribution in [2.45, 2.75) is 50.5 Å². The Morgan fingerprint density at radius 3 is 2.31 bits per heavy atom. The molecule has 3 aromatic carbocycles. The monoisotopic (exact) mass is 645 g/mol. The van der Waals surface area contributed by atoms with Crippen molar-refractivity contribution in [2.24, 2.45) is 5.41 Å². The normalized spacial score (nSPS) is 17.5. The minimum atomic E-state index is -3.65. The number of fused-ring (bicyclic) bond motifs is 1. The first-order valence-corrected chi connectivity index (χ1v) is 16.4. The number of nitrogens with one attached hydrogen (secondary N) is 2. The fraction of sp³-hybridized carbons (Fsp3) is 0.364. The van der Waals surface area contributed by atoms with Crippen molar-refractivity contribution in [1.82, 2.24) is 10.6 Å². The van der Waals surface area contributed by atoms with Crippen LogP contribution in [0, 0.1) is 5.41 Å². The van der Waals surface area contributed by atoms with E-state index in [0.29, 0.717) is 30.0 Å². The molecule has 1 unspecified atom stereocenters. The molecular formula is C33H40N3NaO7S. The summed E-state index contributed by atoms with van der Waals surface area (Å²) in [6, 6.07) is 21.7. The molecule has 45 heavy (non-hydrogen) atoms. The van der Waals surface area contributed by atoms with Crippen LogP contribution in [0.2, 0.25) is 0 Å². The Bertz CT molecular complexity index is 1580. The Labute approximate surface area is 288 Å². The van der Waals surface area contributed by atoms with Gasteiger partial charge in [0.05, 0.1) is 16.3 Å². The van der Waals surface area contributed by atoms with Crippen LogP contribution in [0.25, 0.3) is 0 Å². The second kappa shape index (κ2) is 16.3. The van der Waals surface area contributed by atoms with Gasteiger partial charge in [-0.1, -0.05) is 75.2 Å². The van der Waals surface area contributed by atoms with Crippen molar-refractivity contribution >= 4 is 39.0 Å². The van der Waals surface area contributed by atoms with Crippen molar-refractivity contribution < 1.29 is 63.6 Å². The fourth-order valence-electron chi connectivity index (χ4n) is 5.50. The third-order valence-electron chi connectivity index (χ3n) is 7.91. The second-order valence-corrected chi connectivity index (χ2v) is 13.0. The molecule has 3 N–H and O–H groups in total. The van der Waals surface area contributed by atoms with E-state index in [1.165, 1.54) is 12.1 Å². The summed E-state index contributed by atoms with van der Waals surface area (Å²) in [5, 5.41) is 13.9. The summed E-state index contributed by atoms with van der Waals surface area (Å²) in [6.07, 6.45) is 3.37. The van der Waals surface area contributed by atoms with Crippen LogP contribution < -0.4 is 49.8 Å². The minimum absolute atomic E-state index is 0. The third-order valence-corrected chi connectivity index (χ3v) is 9.92. The topological polar surface area (TPSA) is 142 Å². The molecule has 0 spiro atoms. The largest absolute Gasteiger partial charge is 1.00 e. The maximum Gasteiger partial charge on any atom is 1.00 e. The van der Waals surface area contributed by atoms with Crippen LogP contribution in [0.4, 0.5) is 11.4 Å². The van der Waals surface area contributed by atoms with Gasteiger partial charge in [-0.3, -0.25) is 14.4 Å². The molecule has 4 rings (SSSR count). The average molecular weight is 646 g/mol. The van der Waals surface area contributed by atoms with E-state index >= 15 is 0 Å². The van der Waals surface area contributed by atoms with Crippen LogP contribution in [0.3, 0.4) is 0 Å². The quantitative estimate of drug-likeness (QED) is 0.239. The zero-order valence-corrected chi connectivity index (χ0v) is 28.8. The number of hydrogen-bond acceptors (Lipinski definition) is 7. The summed E-state index contributed by atoms with van der Waals surface area (Å²) in [7, 11) is -3.65. The predicted octanol–water partition coefficient (Wildman–Crippen LogP) is 1.75. The standard InChI is InChI=1S/C33H39N3O7S.Na.H/c1-3-5-18-33(4-2)22-36(25-14-10-7-11-15-25)27-19-26(16-17-28(27)44(41,42)23-33)43-21-29(37)35-31(24-12-8-6-9-13-24)32(40)34-20-30(38)39;;/h6-17,19,31H,3-5,18,20-23H2,1-2H3,(H,34,40)(H,35,37)(H,38,39);;/q;+1;-1/t31-,33?;;/m1../s1. The maximum atomic E-state index is 13.8. The van der Waals surface area contributed by atoms with E-state index in [1.54, 1.807) is 36.4 Å². The van der Waals surface area contributed by atoms with Gasteiger partial charge in [0, 0.05) is 23.7 Å². The smallest absolute Gasteiger partial charge is 1.00 e. The number of unbranched alkanes of at least 4 members (excludes halogenated alkanes) is 1. The molecule has 0 radical (unpaired) electrons. The van der Waals surface area contributed by atoms with Crippen LogP contribution in [0.1, 0.15) is 52.6 Å². The molecule has 12 heteroatoms. The first kappa shape index (κ1) is 36.1. The number of anilines is 2. The fourth-order valence-corrected chi connectivity index (χ4v) is 7.67. The molecular weight excluding hydrogens is 605 g/mol. The van der Waals surface area contributed by atoms with Gasteiger partial charge in [0.1, 0.15) is 18.3 Å². The third kappa shape index (κ3) is 9.32. The van der Waals surface area contributed by atoms with Crippen molar-refractivity contribution in [1.29, 1.82) is 0 Å². The van der Waals surface area contributed by atoms with Gasteiger partial charge in [0.2, 0.25) is 5.91 Å². The first-order chi connectivity index (χ1) is 21.1. The number of nitrogens with zero attached hydrogens (tertiary/aromatic N) is 1. The number of carbonyl (C=O) groups is 3. The Morgan fingerprint density at radius 1 is 1.02 bits per heavy atom. The Kier molecular flexibility index (Phi) is 13.0. The number of carboxylic acid groups (broad SMARTS) is 1. The molecule has 1 aliphatic heterocycles. The van der Waals surface area contributed by atoms with E-state index < -0.39 is 52.2 Å². The number of ether oxygens (including phenoxy) is 1.